The molecule has 0 radical (unpaired) electrons. The summed E-state index contributed by atoms with van der Waals surface area (Å²) in [5, 5.41) is 10.5. The summed E-state index contributed by atoms with van der Waals surface area (Å²) in [6, 6.07) is 7.99. The van der Waals surface area contributed by atoms with Crippen LogP contribution >= 0.6 is 0 Å². The lowest BCUT2D eigenvalue weighted by molar-refractivity contribution is 0.182. The van der Waals surface area contributed by atoms with Crippen molar-refractivity contribution < 1.29 is 5.11 Å². The van der Waals surface area contributed by atoms with Gasteiger partial charge in [-0.1, -0.05) is 18.2 Å². The van der Waals surface area contributed by atoms with Crippen molar-refractivity contribution in [2.24, 2.45) is 12.8 Å². The first-order valence-corrected chi connectivity index (χ1v) is 6.13. The number of aliphatic hydroxyl groups excluding tert-OH is 1. The lowest BCUT2D eigenvalue weighted by Crippen LogP contribution is -2.39. The van der Waals surface area contributed by atoms with E-state index in [0.717, 1.165) is 0 Å². The molecule has 0 aliphatic rings. The molecule has 98 valence electrons. The fourth-order valence-electron chi connectivity index (χ4n) is 2.60. The molecule has 2 aromatic rings. The van der Waals surface area contributed by atoms with Gasteiger partial charge in [0.05, 0.1) is 12.6 Å². The second-order valence-corrected chi connectivity index (χ2v) is 4.97. The highest BCUT2D eigenvalue weighted by Crippen LogP contribution is 2.30. The molecule has 4 heteroatoms. The Morgan fingerprint density at radius 1 is 1.33 bits per heavy atom. The molecule has 1 heterocycles. The number of aliphatic hydroxyl groups is 1. The normalized spacial score (nSPS) is 15.2. The molecule has 1 aromatic carbocycles. The Morgan fingerprint density at radius 2 is 2.00 bits per heavy atom. The van der Waals surface area contributed by atoms with Gasteiger partial charge in [0.15, 0.2) is 0 Å². The molecule has 2 atom stereocenters. The molecule has 0 aliphatic carbocycles. The molecule has 0 bridgehead atoms. The van der Waals surface area contributed by atoms with Gasteiger partial charge in [-0.2, -0.15) is 0 Å². The van der Waals surface area contributed by atoms with E-state index in [1.807, 2.05) is 33.3 Å². The standard InChI is InChI=1S/C14H21N3O/c1-16(2)14(12(15)9-18)11-8-17(3)13-7-5-4-6-10(11)13/h4-8,12,14,18H,9,15H2,1-3H3. The molecule has 4 nitrogen and oxygen atoms in total. The van der Waals surface area contributed by atoms with Gasteiger partial charge in [-0.3, -0.25) is 0 Å². The van der Waals surface area contributed by atoms with E-state index in [4.69, 9.17) is 5.73 Å². The monoisotopic (exact) mass is 247 g/mol. The van der Waals surface area contributed by atoms with Crippen molar-refractivity contribution in [2.75, 3.05) is 20.7 Å². The second-order valence-electron chi connectivity index (χ2n) is 4.97. The van der Waals surface area contributed by atoms with Crippen LogP contribution in [0.15, 0.2) is 30.5 Å². The largest absolute Gasteiger partial charge is 0.395 e. The van der Waals surface area contributed by atoms with Gasteiger partial charge in [-0.25, -0.2) is 0 Å². The van der Waals surface area contributed by atoms with Crippen LogP contribution in [-0.2, 0) is 7.05 Å². The van der Waals surface area contributed by atoms with Gasteiger partial charge in [-0.15, -0.1) is 0 Å². The van der Waals surface area contributed by atoms with Crippen LogP contribution in [0.1, 0.15) is 11.6 Å². The molecule has 0 saturated carbocycles. The second kappa shape index (κ2) is 5.10. The molecule has 2 rings (SSSR count). The van der Waals surface area contributed by atoms with Crippen molar-refractivity contribution in [2.45, 2.75) is 12.1 Å². The summed E-state index contributed by atoms with van der Waals surface area (Å²) in [4.78, 5) is 2.06. The molecule has 0 aliphatic heterocycles. The van der Waals surface area contributed by atoms with Gasteiger partial charge >= 0.3 is 0 Å². The van der Waals surface area contributed by atoms with Crippen LogP contribution in [0.2, 0.25) is 0 Å². The highest BCUT2D eigenvalue weighted by atomic mass is 16.3. The number of rotatable bonds is 4. The molecule has 3 N–H and O–H groups in total. The van der Waals surface area contributed by atoms with Crippen molar-refractivity contribution in [3.05, 3.63) is 36.0 Å². The maximum atomic E-state index is 9.34. The summed E-state index contributed by atoms with van der Waals surface area (Å²) >= 11 is 0. The first kappa shape index (κ1) is 13.1. The third-order valence-electron chi connectivity index (χ3n) is 3.42. The Kier molecular flexibility index (Phi) is 3.71. The molecule has 0 amide bonds. The van der Waals surface area contributed by atoms with E-state index < -0.39 is 0 Å². The highest BCUT2D eigenvalue weighted by Gasteiger charge is 2.24. The van der Waals surface area contributed by atoms with Gasteiger partial charge in [0, 0.05) is 30.2 Å². The van der Waals surface area contributed by atoms with Crippen LogP contribution in [0, 0.1) is 0 Å². The van der Waals surface area contributed by atoms with Crippen LogP contribution in [-0.4, -0.2) is 41.3 Å². The minimum Gasteiger partial charge on any atom is -0.395 e. The minimum absolute atomic E-state index is 0.0149. The smallest absolute Gasteiger partial charge is 0.0601 e. The average Bonchev–Trinajstić information content (AvgIpc) is 2.67. The maximum absolute atomic E-state index is 9.34. The van der Waals surface area contributed by atoms with Gasteiger partial charge in [0.2, 0.25) is 0 Å². The van der Waals surface area contributed by atoms with Gasteiger partial charge in [0.25, 0.3) is 0 Å². The molecule has 18 heavy (non-hydrogen) atoms. The Morgan fingerprint density at radius 3 is 2.61 bits per heavy atom. The number of hydrogen-bond acceptors (Lipinski definition) is 3. The number of hydrogen-bond donors (Lipinski definition) is 2. The molecule has 0 spiro atoms. The number of aromatic nitrogens is 1. The number of likely N-dealkylation sites (N-methyl/N-ethyl adjacent to an activating group) is 1. The first-order chi connectivity index (χ1) is 8.56. The summed E-state index contributed by atoms with van der Waals surface area (Å²) in [5.41, 5.74) is 8.40. The van der Waals surface area contributed by atoms with E-state index in [1.54, 1.807) is 0 Å². The van der Waals surface area contributed by atoms with E-state index in [2.05, 4.69) is 27.8 Å². The zero-order valence-corrected chi connectivity index (χ0v) is 11.2. The first-order valence-electron chi connectivity index (χ1n) is 6.13. The number of nitrogens with zero attached hydrogens (tertiary/aromatic N) is 2. The number of aryl methyl sites for hydroxylation is 1. The van der Waals surface area contributed by atoms with E-state index in [9.17, 15) is 5.11 Å². The Bertz CT molecular complexity index is 533. The summed E-state index contributed by atoms with van der Waals surface area (Å²) in [6.45, 7) is -0.0218. The van der Waals surface area contributed by atoms with Crippen LogP contribution in [0.4, 0.5) is 0 Å². The SMILES string of the molecule is CN(C)C(c1cn(C)c2ccccc12)C(N)CO. The fraction of sp³-hybridized carbons (Fsp3) is 0.429. The summed E-state index contributed by atoms with van der Waals surface area (Å²) < 4.78 is 2.10. The van der Waals surface area contributed by atoms with Crippen LogP contribution < -0.4 is 5.73 Å². The van der Waals surface area contributed by atoms with Crippen LogP contribution in [0.25, 0.3) is 10.9 Å². The summed E-state index contributed by atoms with van der Waals surface area (Å²) in [7, 11) is 6.01. The maximum Gasteiger partial charge on any atom is 0.0601 e. The molecule has 1 aromatic heterocycles. The quantitative estimate of drug-likeness (QED) is 0.850. The Hall–Kier alpha value is -1.36. The zero-order valence-electron chi connectivity index (χ0n) is 11.2. The van der Waals surface area contributed by atoms with Crippen molar-refractivity contribution in [1.82, 2.24) is 9.47 Å². The lowest BCUT2D eigenvalue weighted by atomic mass is 9.99. The minimum atomic E-state index is -0.286. The third kappa shape index (κ3) is 2.14. The van der Waals surface area contributed by atoms with Crippen molar-refractivity contribution in [3.8, 4) is 0 Å². The van der Waals surface area contributed by atoms with E-state index in [1.165, 1.54) is 16.5 Å². The van der Waals surface area contributed by atoms with E-state index in [0.29, 0.717) is 0 Å². The summed E-state index contributed by atoms with van der Waals surface area (Å²) in [6.07, 6.45) is 2.10. The zero-order chi connectivity index (χ0) is 13.3. The van der Waals surface area contributed by atoms with Gasteiger partial charge < -0.3 is 20.3 Å². The van der Waals surface area contributed by atoms with Crippen molar-refractivity contribution in [3.63, 3.8) is 0 Å². The van der Waals surface area contributed by atoms with Crippen molar-refractivity contribution in [1.29, 1.82) is 0 Å². The van der Waals surface area contributed by atoms with Crippen LogP contribution in [0.5, 0.6) is 0 Å². The number of benzene rings is 1. The molecule has 0 fully saturated rings. The molecule has 2 unspecified atom stereocenters. The van der Waals surface area contributed by atoms with E-state index >= 15 is 0 Å². The average molecular weight is 247 g/mol. The number of nitrogens with two attached hydrogens (primary N) is 1. The lowest BCUT2D eigenvalue weighted by Gasteiger charge is -2.28. The fourth-order valence-corrected chi connectivity index (χ4v) is 2.60. The van der Waals surface area contributed by atoms with Gasteiger partial charge in [0.1, 0.15) is 0 Å². The number of fused-ring (bicyclic) bond motifs is 1. The summed E-state index contributed by atoms with van der Waals surface area (Å²) in [5.74, 6) is 0. The number of para-hydroxylation sites is 1. The molecule has 0 saturated heterocycles. The Labute approximate surface area is 108 Å². The topological polar surface area (TPSA) is 54.4 Å². The highest BCUT2D eigenvalue weighted by molar-refractivity contribution is 5.84. The Balaban J connectivity index is 2.57. The molecular formula is C14H21N3O. The molecular weight excluding hydrogens is 226 g/mol. The third-order valence-corrected chi connectivity index (χ3v) is 3.42. The van der Waals surface area contributed by atoms with Crippen molar-refractivity contribution >= 4 is 10.9 Å². The predicted octanol–water partition coefficient (Wildman–Crippen LogP) is 1.10. The predicted molar refractivity (Wildman–Crippen MR) is 74.4 cm³/mol. The van der Waals surface area contributed by atoms with Gasteiger partial charge in [-0.05, 0) is 25.7 Å². The van der Waals surface area contributed by atoms with Crippen LogP contribution in [0.3, 0.4) is 0 Å². The van der Waals surface area contributed by atoms with E-state index in [-0.39, 0.29) is 18.7 Å².